The molecule has 1 fully saturated rings. The second-order valence-corrected chi connectivity index (χ2v) is 7.39. The van der Waals surface area contributed by atoms with E-state index in [9.17, 15) is 4.79 Å². The molecule has 0 amide bonds. The number of carbonyl (C=O) groups is 1. The lowest BCUT2D eigenvalue weighted by molar-refractivity contribution is -0.139. The third-order valence-electron chi connectivity index (χ3n) is 4.76. The molecule has 140 valence electrons. The first-order chi connectivity index (χ1) is 12.9. The van der Waals surface area contributed by atoms with Crippen LogP contribution in [-0.2, 0) is 26.3 Å². The minimum absolute atomic E-state index is 0.0837. The molecule has 0 atom stereocenters. The number of aryl methyl sites for hydroxylation is 1. The topological polar surface area (TPSA) is 35.5 Å². The van der Waals surface area contributed by atoms with E-state index in [4.69, 9.17) is 4.74 Å². The zero-order valence-corrected chi connectivity index (χ0v) is 16.5. The van der Waals surface area contributed by atoms with E-state index >= 15 is 0 Å². The molecule has 1 aliphatic rings. The van der Waals surface area contributed by atoms with E-state index in [2.05, 4.69) is 55.5 Å². The Hall–Kier alpha value is -2.57. The average molecular weight is 362 g/mol. The van der Waals surface area contributed by atoms with E-state index in [0.29, 0.717) is 0 Å². The van der Waals surface area contributed by atoms with Crippen LogP contribution in [0.3, 0.4) is 0 Å². The van der Waals surface area contributed by atoms with Crippen LogP contribution in [-0.4, -0.2) is 19.2 Å². The highest BCUT2D eigenvalue weighted by molar-refractivity contribution is 5.72. The van der Waals surface area contributed by atoms with Gasteiger partial charge in [-0.3, -0.25) is 4.79 Å². The molecule has 3 heteroatoms. The van der Waals surface area contributed by atoms with E-state index in [1.807, 2.05) is 24.3 Å². The number of carbonyl (C=O) groups excluding carboxylic acids is 1. The number of esters is 1. The van der Waals surface area contributed by atoms with Crippen LogP contribution >= 0.6 is 0 Å². The van der Waals surface area contributed by atoms with Crippen molar-refractivity contribution in [2.75, 3.05) is 7.11 Å². The second kappa shape index (κ2) is 7.98. The van der Waals surface area contributed by atoms with Gasteiger partial charge < -0.3 is 9.47 Å². The summed E-state index contributed by atoms with van der Waals surface area (Å²) in [6.07, 6.45) is 2.70. The van der Waals surface area contributed by atoms with Crippen molar-refractivity contribution in [3.63, 3.8) is 0 Å². The first-order valence-corrected chi connectivity index (χ1v) is 9.38. The Bertz CT molecular complexity index is 878. The third-order valence-corrected chi connectivity index (χ3v) is 4.76. The van der Waals surface area contributed by atoms with E-state index in [0.717, 1.165) is 29.5 Å². The summed E-state index contributed by atoms with van der Waals surface area (Å²) >= 11 is 0. The molecule has 2 aromatic rings. The van der Waals surface area contributed by atoms with Crippen molar-refractivity contribution in [2.45, 2.75) is 51.7 Å². The molecular formula is C24H26O3. The van der Waals surface area contributed by atoms with Crippen molar-refractivity contribution >= 4 is 5.97 Å². The van der Waals surface area contributed by atoms with Crippen LogP contribution in [0.4, 0.5) is 0 Å². The van der Waals surface area contributed by atoms with Gasteiger partial charge in [-0.25, -0.2) is 0 Å². The van der Waals surface area contributed by atoms with Crippen LogP contribution in [0, 0.1) is 18.8 Å². The standard InChI is InChI=1S/C24H26O3/c1-17(2)27-24(13-14-24)22-12-11-20(15-18(22)3)8-5-19-6-9-21(10-7-19)16-23(25)26-4/h6-7,9-12,15,17H,13-14,16H2,1-4H3. The summed E-state index contributed by atoms with van der Waals surface area (Å²) in [5, 5.41) is 0. The van der Waals surface area contributed by atoms with Crippen LogP contribution in [0.2, 0.25) is 0 Å². The molecule has 0 N–H and O–H groups in total. The molecule has 0 radical (unpaired) electrons. The highest BCUT2D eigenvalue weighted by Crippen LogP contribution is 2.51. The largest absolute Gasteiger partial charge is 0.469 e. The van der Waals surface area contributed by atoms with E-state index < -0.39 is 0 Å². The lowest BCUT2D eigenvalue weighted by atomic mass is 9.98. The fourth-order valence-electron chi connectivity index (χ4n) is 3.36. The van der Waals surface area contributed by atoms with Gasteiger partial charge in [0, 0.05) is 11.1 Å². The average Bonchev–Trinajstić information content (AvgIpc) is 3.40. The Balaban J connectivity index is 1.72. The summed E-state index contributed by atoms with van der Waals surface area (Å²) in [5.74, 6) is 6.19. The Morgan fingerprint density at radius 3 is 2.26 bits per heavy atom. The molecule has 2 aromatic carbocycles. The van der Waals surface area contributed by atoms with Gasteiger partial charge in [-0.2, -0.15) is 0 Å². The molecule has 1 saturated carbocycles. The fraction of sp³-hybridized carbons (Fsp3) is 0.375. The number of ether oxygens (including phenoxy) is 2. The quantitative estimate of drug-likeness (QED) is 0.579. The summed E-state index contributed by atoms with van der Waals surface area (Å²) in [6, 6.07) is 14.1. The van der Waals surface area contributed by atoms with Crippen LogP contribution in [0.1, 0.15) is 54.5 Å². The van der Waals surface area contributed by atoms with E-state index in [1.54, 1.807) is 0 Å². The van der Waals surface area contributed by atoms with Gasteiger partial charge in [0.15, 0.2) is 0 Å². The summed E-state index contributed by atoms with van der Waals surface area (Å²) in [5.41, 5.74) is 5.27. The molecule has 1 aliphatic carbocycles. The van der Waals surface area contributed by atoms with Crippen molar-refractivity contribution in [3.8, 4) is 11.8 Å². The summed E-state index contributed by atoms with van der Waals surface area (Å²) in [4.78, 5) is 11.3. The van der Waals surface area contributed by atoms with Crippen molar-refractivity contribution in [1.29, 1.82) is 0 Å². The maximum Gasteiger partial charge on any atom is 0.309 e. The Labute approximate surface area is 161 Å². The molecule has 0 heterocycles. The molecular weight excluding hydrogens is 336 g/mol. The third kappa shape index (κ3) is 4.78. The number of methoxy groups -OCH3 is 1. The second-order valence-electron chi connectivity index (χ2n) is 7.39. The maximum atomic E-state index is 11.3. The lowest BCUT2D eigenvalue weighted by Gasteiger charge is -2.22. The van der Waals surface area contributed by atoms with Crippen molar-refractivity contribution in [3.05, 3.63) is 70.3 Å². The van der Waals surface area contributed by atoms with Crippen LogP contribution in [0.5, 0.6) is 0 Å². The first kappa shape index (κ1) is 19.2. The van der Waals surface area contributed by atoms with Gasteiger partial charge in [0.25, 0.3) is 0 Å². The highest BCUT2D eigenvalue weighted by Gasteiger charge is 2.47. The number of benzene rings is 2. The zero-order valence-electron chi connectivity index (χ0n) is 16.5. The molecule has 0 spiro atoms. The lowest BCUT2D eigenvalue weighted by Crippen LogP contribution is -2.18. The molecule has 3 nitrogen and oxygen atoms in total. The monoisotopic (exact) mass is 362 g/mol. The van der Waals surface area contributed by atoms with Crippen molar-refractivity contribution < 1.29 is 14.3 Å². The highest BCUT2D eigenvalue weighted by atomic mass is 16.5. The molecule has 0 bridgehead atoms. The zero-order chi connectivity index (χ0) is 19.4. The van der Waals surface area contributed by atoms with Crippen molar-refractivity contribution in [1.82, 2.24) is 0 Å². The Morgan fingerprint density at radius 2 is 1.70 bits per heavy atom. The van der Waals surface area contributed by atoms with E-state index in [-0.39, 0.29) is 24.1 Å². The Morgan fingerprint density at radius 1 is 1.07 bits per heavy atom. The smallest absolute Gasteiger partial charge is 0.309 e. The van der Waals surface area contributed by atoms with Gasteiger partial charge >= 0.3 is 5.97 Å². The number of hydrogen-bond acceptors (Lipinski definition) is 3. The van der Waals surface area contributed by atoms with Gasteiger partial charge in [-0.05, 0) is 74.6 Å². The normalized spacial score (nSPS) is 14.4. The molecule has 0 aliphatic heterocycles. The van der Waals surface area contributed by atoms with Gasteiger partial charge in [0.05, 0.1) is 25.2 Å². The summed E-state index contributed by atoms with van der Waals surface area (Å²) in [6.45, 7) is 6.31. The molecule has 0 aromatic heterocycles. The number of hydrogen-bond donors (Lipinski definition) is 0. The fourth-order valence-corrected chi connectivity index (χ4v) is 3.36. The van der Waals surface area contributed by atoms with Gasteiger partial charge in [-0.15, -0.1) is 0 Å². The Kier molecular flexibility index (Phi) is 5.68. The summed E-state index contributed by atoms with van der Waals surface area (Å²) in [7, 11) is 1.40. The van der Waals surface area contributed by atoms with Gasteiger partial charge in [-0.1, -0.05) is 30.0 Å². The predicted octanol–water partition coefficient (Wildman–Crippen LogP) is 4.52. The molecule has 0 saturated heterocycles. The van der Waals surface area contributed by atoms with E-state index in [1.165, 1.54) is 18.2 Å². The predicted molar refractivity (Wildman–Crippen MR) is 106 cm³/mol. The van der Waals surface area contributed by atoms with Crippen LogP contribution in [0.15, 0.2) is 42.5 Å². The first-order valence-electron chi connectivity index (χ1n) is 9.38. The molecule has 27 heavy (non-hydrogen) atoms. The SMILES string of the molecule is COC(=O)Cc1ccc(C#Cc2ccc(C3(OC(C)C)CC3)c(C)c2)cc1. The van der Waals surface area contributed by atoms with Crippen LogP contribution < -0.4 is 0 Å². The van der Waals surface area contributed by atoms with Gasteiger partial charge in [0.2, 0.25) is 0 Å². The van der Waals surface area contributed by atoms with Gasteiger partial charge in [0.1, 0.15) is 0 Å². The summed E-state index contributed by atoms with van der Waals surface area (Å²) < 4.78 is 10.8. The molecule has 0 unspecified atom stereocenters. The molecule has 3 rings (SSSR count). The minimum atomic E-state index is -0.237. The van der Waals surface area contributed by atoms with Crippen LogP contribution in [0.25, 0.3) is 0 Å². The van der Waals surface area contributed by atoms with Crippen molar-refractivity contribution in [2.24, 2.45) is 0 Å². The maximum absolute atomic E-state index is 11.3. The number of rotatable bonds is 5. The minimum Gasteiger partial charge on any atom is -0.469 e.